The molecule has 3 aliphatic rings. The van der Waals surface area contributed by atoms with Crippen molar-refractivity contribution >= 4 is 28.4 Å². The molecular weight excluding hydrogens is 372 g/mol. The highest BCUT2D eigenvalue weighted by Gasteiger charge is 2.47. The van der Waals surface area contributed by atoms with Crippen molar-refractivity contribution in [1.82, 2.24) is 14.5 Å². The summed E-state index contributed by atoms with van der Waals surface area (Å²) in [4.78, 5) is 13.2. The number of hydrogen-bond acceptors (Lipinski definition) is 5. The number of nitrogens with two attached hydrogens (primary N) is 2. The Hall–Kier alpha value is -3.15. The first-order valence-electron chi connectivity index (χ1n) is 10.9. The number of fused-ring (bicyclic) bond motifs is 3. The Morgan fingerprint density at radius 2 is 2.00 bits per heavy atom. The molecule has 152 valence electrons. The Balaban J connectivity index is 1.18. The largest absolute Gasteiger partial charge is 0.386 e. The molecule has 1 saturated carbocycles. The highest BCUT2D eigenvalue weighted by atomic mass is 15.1. The lowest BCUT2D eigenvalue weighted by Gasteiger charge is -2.38. The number of allylic oxidation sites excluding steroid dienone is 2. The maximum Gasteiger partial charge on any atom is 0.146 e. The summed E-state index contributed by atoms with van der Waals surface area (Å²) < 4.78 is 2.23. The van der Waals surface area contributed by atoms with Crippen LogP contribution in [0.15, 0.2) is 53.4 Å². The second kappa shape index (κ2) is 6.42. The van der Waals surface area contributed by atoms with Crippen molar-refractivity contribution in [3.63, 3.8) is 0 Å². The van der Waals surface area contributed by atoms with Gasteiger partial charge in [-0.2, -0.15) is 0 Å². The minimum Gasteiger partial charge on any atom is -0.386 e. The van der Waals surface area contributed by atoms with Gasteiger partial charge in [0.1, 0.15) is 23.6 Å². The quantitative estimate of drug-likeness (QED) is 0.639. The molecule has 2 aromatic heterocycles. The van der Waals surface area contributed by atoms with Crippen molar-refractivity contribution in [2.45, 2.75) is 56.4 Å². The summed E-state index contributed by atoms with van der Waals surface area (Å²) in [6, 6.07) is 9.16. The van der Waals surface area contributed by atoms with E-state index in [0.717, 1.165) is 61.1 Å². The predicted octanol–water partition coefficient (Wildman–Crippen LogP) is 4.33. The summed E-state index contributed by atoms with van der Waals surface area (Å²) in [5, 5.41) is 0.932. The Morgan fingerprint density at radius 3 is 2.83 bits per heavy atom. The molecule has 2 aliphatic carbocycles. The van der Waals surface area contributed by atoms with Crippen LogP contribution in [0.5, 0.6) is 0 Å². The molecule has 4 N–H and O–H groups in total. The maximum absolute atomic E-state index is 6.28. The zero-order valence-corrected chi connectivity index (χ0v) is 17.0. The summed E-state index contributed by atoms with van der Waals surface area (Å²) in [5.74, 6) is 1.37. The number of nitrogens with zero attached hydrogens (tertiary/aromatic N) is 4. The van der Waals surface area contributed by atoms with Gasteiger partial charge in [0, 0.05) is 6.20 Å². The lowest BCUT2D eigenvalue weighted by Crippen LogP contribution is -2.44. The van der Waals surface area contributed by atoms with Gasteiger partial charge in [-0.3, -0.25) is 0 Å². The lowest BCUT2D eigenvalue weighted by molar-refractivity contribution is 0.344. The number of nitrogen functional groups attached to an aromatic ring is 1. The Kier molecular flexibility index (Phi) is 3.79. The van der Waals surface area contributed by atoms with E-state index in [1.54, 1.807) is 6.33 Å². The van der Waals surface area contributed by atoms with Crippen molar-refractivity contribution in [3.8, 4) is 0 Å². The van der Waals surface area contributed by atoms with Crippen molar-refractivity contribution in [2.24, 2.45) is 10.7 Å². The van der Waals surface area contributed by atoms with E-state index in [2.05, 4.69) is 45.0 Å². The third kappa shape index (κ3) is 2.52. The average molecular weight is 399 g/mol. The molecule has 1 fully saturated rings. The minimum absolute atomic E-state index is 0.0571. The molecule has 1 aliphatic heterocycles. The molecule has 30 heavy (non-hydrogen) atoms. The third-order valence-electron chi connectivity index (χ3n) is 7.34. The van der Waals surface area contributed by atoms with Crippen molar-refractivity contribution < 1.29 is 0 Å². The van der Waals surface area contributed by atoms with E-state index < -0.39 is 0 Å². The molecule has 0 radical (unpaired) electrons. The van der Waals surface area contributed by atoms with E-state index in [1.807, 2.05) is 6.07 Å². The molecule has 1 unspecified atom stereocenters. The highest BCUT2D eigenvalue weighted by Crippen LogP contribution is 2.51. The number of aryl methyl sites for hydroxylation is 1. The van der Waals surface area contributed by atoms with Gasteiger partial charge in [-0.1, -0.05) is 30.2 Å². The van der Waals surface area contributed by atoms with Crippen LogP contribution in [0.4, 0.5) is 11.5 Å². The monoisotopic (exact) mass is 398 g/mol. The zero-order chi connectivity index (χ0) is 20.3. The SMILES string of the molecule is NC1=Nc2cc(CCC3=CC(n4ccc5c(N)ncnc54)CC3)ccc2C12CCC2. The van der Waals surface area contributed by atoms with Crippen molar-refractivity contribution in [2.75, 3.05) is 5.73 Å². The molecule has 3 aromatic rings. The molecule has 1 atom stereocenters. The van der Waals surface area contributed by atoms with E-state index >= 15 is 0 Å². The standard InChI is InChI=1S/C24H26N6/c25-21-18-8-11-30(22(18)28-14-27-21)17-6-4-15(12-17)2-3-16-5-7-19-20(13-16)29-23(26)24(19)9-1-10-24/h5,7-8,11-14,17H,1-4,6,9-10H2,(H2,26,29)(H2,25,27,28). The Labute approximate surface area is 175 Å². The lowest BCUT2D eigenvalue weighted by atomic mass is 9.64. The van der Waals surface area contributed by atoms with Gasteiger partial charge in [0.15, 0.2) is 0 Å². The van der Waals surface area contributed by atoms with Crippen LogP contribution in [0.3, 0.4) is 0 Å². The second-order valence-electron chi connectivity index (χ2n) is 8.93. The van der Waals surface area contributed by atoms with Crippen LogP contribution in [0, 0.1) is 0 Å². The number of anilines is 1. The fourth-order valence-corrected chi connectivity index (χ4v) is 5.42. The topological polar surface area (TPSA) is 95.1 Å². The van der Waals surface area contributed by atoms with Gasteiger partial charge < -0.3 is 16.0 Å². The minimum atomic E-state index is 0.0571. The van der Waals surface area contributed by atoms with Gasteiger partial charge in [0.05, 0.1) is 22.5 Å². The molecule has 0 bridgehead atoms. The van der Waals surface area contributed by atoms with Gasteiger partial charge in [-0.15, -0.1) is 0 Å². The zero-order valence-electron chi connectivity index (χ0n) is 17.0. The van der Waals surface area contributed by atoms with Crippen LogP contribution in [0.25, 0.3) is 11.0 Å². The fraction of sp³-hybridized carbons (Fsp3) is 0.375. The van der Waals surface area contributed by atoms with Crippen LogP contribution in [-0.2, 0) is 11.8 Å². The fourth-order valence-electron chi connectivity index (χ4n) is 5.42. The van der Waals surface area contributed by atoms with E-state index in [4.69, 9.17) is 16.5 Å². The number of hydrogen-bond donors (Lipinski definition) is 2. The normalized spacial score (nSPS) is 21.5. The van der Waals surface area contributed by atoms with Gasteiger partial charge in [-0.25, -0.2) is 15.0 Å². The molecule has 1 aromatic carbocycles. The number of aromatic nitrogens is 3. The third-order valence-corrected chi connectivity index (χ3v) is 7.34. The summed E-state index contributed by atoms with van der Waals surface area (Å²) in [6.07, 6.45) is 13.9. The van der Waals surface area contributed by atoms with Gasteiger partial charge in [0.2, 0.25) is 0 Å². The van der Waals surface area contributed by atoms with E-state index in [9.17, 15) is 0 Å². The van der Waals surface area contributed by atoms with Crippen LogP contribution in [0.1, 0.15) is 55.7 Å². The summed E-state index contributed by atoms with van der Waals surface area (Å²) in [5.41, 5.74) is 18.5. The van der Waals surface area contributed by atoms with Crippen molar-refractivity contribution in [3.05, 3.63) is 59.6 Å². The highest BCUT2D eigenvalue weighted by molar-refractivity contribution is 6.00. The van der Waals surface area contributed by atoms with Gasteiger partial charge >= 0.3 is 0 Å². The van der Waals surface area contributed by atoms with E-state index in [0.29, 0.717) is 11.9 Å². The summed E-state index contributed by atoms with van der Waals surface area (Å²) >= 11 is 0. The Morgan fingerprint density at radius 1 is 1.10 bits per heavy atom. The number of rotatable bonds is 4. The molecule has 0 amide bonds. The Bertz CT molecular complexity index is 1210. The summed E-state index contributed by atoms with van der Waals surface area (Å²) in [6.45, 7) is 0. The predicted molar refractivity (Wildman–Crippen MR) is 120 cm³/mol. The maximum atomic E-state index is 6.28. The van der Waals surface area contributed by atoms with E-state index in [1.165, 1.54) is 23.1 Å². The first kappa shape index (κ1) is 17.7. The van der Waals surface area contributed by atoms with Crippen molar-refractivity contribution in [1.29, 1.82) is 0 Å². The molecule has 6 rings (SSSR count). The molecule has 6 nitrogen and oxygen atoms in total. The molecule has 6 heteroatoms. The second-order valence-corrected chi connectivity index (χ2v) is 8.93. The average Bonchev–Trinajstić information content (AvgIpc) is 3.40. The van der Waals surface area contributed by atoms with Crippen LogP contribution in [0.2, 0.25) is 0 Å². The molecule has 1 spiro atoms. The number of amidine groups is 1. The summed E-state index contributed by atoms with van der Waals surface area (Å²) in [7, 11) is 0. The van der Waals surface area contributed by atoms with Crippen LogP contribution < -0.4 is 11.5 Å². The number of aliphatic imine (C=N–C) groups is 1. The van der Waals surface area contributed by atoms with Crippen LogP contribution in [-0.4, -0.2) is 20.4 Å². The molecule has 0 saturated heterocycles. The smallest absolute Gasteiger partial charge is 0.146 e. The first-order valence-corrected chi connectivity index (χ1v) is 10.9. The van der Waals surface area contributed by atoms with Crippen LogP contribution >= 0.6 is 0 Å². The van der Waals surface area contributed by atoms with Gasteiger partial charge in [-0.05, 0) is 61.8 Å². The van der Waals surface area contributed by atoms with E-state index in [-0.39, 0.29) is 5.41 Å². The first-order chi connectivity index (χ1) is 14.6. The number of benzene rings is 1. The van der Waals surface area contributed by atoms with Gasteiger partial charge in [0.25, 0.3) is 0 Å². The molecule has 3 heterocycles. The molecular formula is C24H26N6.